The van der Waals surface area contributed by atoms with Crippen molar-refractivity contribution in [3.63, 3.8) is 0 Å². The van der Waals surface area contributed by atoms with Gasteiger partial charge in [0.25, 0.3) is 0 Å². The quantitative estimate of drug-likeness (QED) is 0.714. The molecule has 0 atom stereocenters. The SMILES string of the molecule is Fc1cc(NCc2cc(Cl)ccc2Br)ccc1Br. The normalized spacial score (nSPS) is 10.4. The van der Waals surface area contributed by atoms with Gasteiger partial charge in [0.15, 0.2) is 0 Å². The molecule has 1 N–H and O–H groups in total. The highest BCUT2D eigenvalue weighted by Gasteiger charge is 2.03. The van der Waals surface area contributed by atoms with Crippen molar-refractivity contribution >= 4 is 49.1 Å². The molecule has 0 aliphatic heterocycles. The van der Waals surface area contributed by atoms with Crippen molar-refractivity contribution < 1.29 is 4.39 Å². The number of halogens is 4. The number of hydrogen-bond donors (Lipinski definition) is 1. The molecule has 0 aliphatic carbocycles. The van der Waals surface area contributed by atoms with Crippen LogP contribution in [-0.2, 0) is 6.54 Å². The Morgan fingerprint density at radius 1 is 1.06 bits per heavy atom. The molecule has 0 bridgehead atoms. The predicted octanol–water partition coefficient (Wildman–Crippen LogP) is 5.62. The summed E-state index contributed by atoms with van der Waals surface area (Å²) in [5, 5.41) is 3.83. The van der Waals surface area contributed by atoms with E-state index in [0.717, 1.165) is 15.7 Å². The summed E-state index contributed by atoms with van der Waals surface area (Å²) in [5.74, 6) is -0.287. The molecule has 0 spiro atoms. The molecule has 18 heavy (non-hydrogen) atoms. The number of rotatable bonds is 3. The zero-order valence-corrected chi connectivity index (χ0v) is 13.1. The third-order valence-corrected chi connectivity index (χ3v) is 4.06. The molecule has 0 fully saturated rings. The van der Waals surface area contributed by atoms with Crippen LogP contribution < -0.4 is 5.32 Å². The maximum absolute atomic E-state index is 13.3. The van der Waals surface area contributed by atoms with Crippen LogP contribution in [0, 0.1) is 5.82 Å². The second kappa shape index (κ2) is 6.04. The minimum atomic E-state index is -0.287. The van der Waals surface area contributed by atoms with Crippen LogP contribution in [0.25, 0.3) is 0 Å². The second-order valence-corrected chi connectivity index (χ2v) is 5.86. The number of hydrogen-bond acceptors (Lipinski definition) is 1. The van der Waals surface area contributed by atoms with Crippen LogP contribution in [0.1, 0.15) is 5.56 Å². The lowest BCUT2D eigenvalue weighted by Gasteiger charge is -2.09. The third-order valence-electron chi connectivity index (χ3n) is 2.41. The van der Waals surface area contributed by atoms with Crippen molar-refractivity contribution in [2.24, 2.45) is 0 Å². The molecule has 0 saturated heterocycles. The monoisotopic (exact) mass is 391 g/mol. The molecule has 0 amide bonds. The van der Waals surface area contributed by atoms with Gasteiger partial charge in [-0.15, -0.1) is 0 Å². The first-order valence-corrected chi connectivity index (χ1v) is 7.15. The van der Waals surface area contributed by atoms with Crippen LogP contribution in [0.3, 0.4) is 0 Å². The summed E-state index contributed by atoms with van der Waals surface area (Å²) in [4.78, 5) is 0. The summed E-state index contributed by atoms with van der Waals surface area (Å²) < 4.78 is 14.8. The third kappa shape index (κ3) is 3.46. The van der Waals surface area contributed by atoms with E-state index in [1.165, 1.54) is 6.07 Å². The molecule has 2 aromatic rings. The zero-order valence-electron chi connectivity index (χ0n) is 9.18. The Bertz CT molecular complexity index is 575. The standard InChI is InChI=1S/C13H9Br2ClFN/c14-11-3-1-9(16)5-8(11)7-18-10-2-4-12(15)13(17)6-10/h1-6,18H,7H2. The van der Waals surface area contributed by atoms with Crippen molar-refractivity contribution in [1.29, 1.82) is 0 Å². The van der Waals surface area contributed by atoms with E-state index in [0.29, 0.717) is 16.0 Å². The van der Waals surface area contributed by atoms with Crippen molar-refractivity contribution in [3.05, 3.63) is 61.7 Å². The Labute approximate surface area is 127 Å². The molecule has 2 aromatic carbocycles. The minimum absolute atomic E-state index is 0.287. The molecule has 1 nitrogen and oxygen atoms in total. The van der Waals surface area contributed by atoms with E-state index in [1.807, 2.05) is 24.3 Å². The Hall–Kier alpha value is -0.580. The van der Waals surface area contributed by atoms with Crippen molar-refractivity contribution in [1.82, 2.24) is 0 Å². The number of benzene rings is 2. The summed E-state index contributed by atoms with van der Waals surface area (Å²) in [6.45, 7) is 0.572. The van der Waals surface area contributed by atoms with E-state index in [4.69, 9.17) is 11.6 Å². The van der Waals surface area contributed by atoms with Crippen LogP contribution in [-0.4, -0.2) is 0 Å². The van der Waals surface area contributed by atoms with Crippen molar-refractivity contribution in [2.75, 3.05) is 5.32 Å². The average Bonchev–Trinajstić information content (AvgIpc) is 2.34. The summed E-state index contributed by atoms with van der Waals surface area (Å²) in [6.07, 6.45) is 0. The first-order chi connectivity index (χ1) is 8.56. The van der Waals surface area contributed by atoms with Crippen LogP contribution in [0.5, 0.6) is 0 Å². The van der Waals surface area contributed by atoms with E-state index in [1.54, 1.807) is 6.07 Å². The fourth-order valence-electron chi connectivity index (χ4n) is 1.48. The first kappa shape index (κ1) is 13.8. The highest BCUT2D eigenvalue weighted by atomic mass is 79.9. The molecular formula is C13H9Br2ClFN. The van der Waals surface area contributed by atoms with Crippen molar-refractivity contribution in [2.45, 2.75) is 6.54 Å². The molecule has 0 aliphatic rings. The average molecular weight is 393 g/mol. The van der Waals surface area contributed by atoms with E-state index >= 15 is 0 Å². The Morgan fingerprint density at radius 3 is 2.50 bits per heavy atom. The second-order valence-electron chi connectivity index (χ2n) is 3.72. The number of anilines is 1. The van der Waals surface area contributed by atoms with Gasteiger partial charge in [0.1, 0.15) is 5.82 Å². The van der Waals surface area contributed by atoms with Gasteiger partial charge in [-0.25, -0.2) is 4.39 Å². The van der Waals surface area contributed by atoms with Gasteiger partial charge in [0.05, 0.1) is 4.47 Å². The Kier molecular flexibility index (Phi) is 4.65. The fraction of sp³-hybridized carbons (Fsp3) is 0.0769. The molecular weight excluding hydrogens is 384 g/mol. The lowest BCUT2D eigenvalue weighted by atomic mass is 10.2. The van der Waals surface area contributed by atoms with Gasteiger partial charge in [-0.1, -0.05) is 27.5 Å². The highest BCUT2D eigenvalue weighted by molar-refractivity contribution is 9.10. The predicted molar refractivity (Wildman–Crippen MR) is 80.6 cm³/mol. The fourth-order valence-corrected chi connectivity index (χ4v) is 2.31. The maximum atomic E-state index is 13.3. The van der Waals surface area contributed by atoms with Gasteiger partial charge >= 0.3 is 0 Å². The minimum Gasteiger partial charge on any atom is -0.381 e. The van der Waals surface area contributed by atoms with E-state index < -0.39 is 0 Å². The molecule has 0 unspecified atom stereocenters. The zero-order chi connectivity index (χ0) is 13.1. The Balaban J connectivity index is 2.11. The molecule has 94 valence electrons. The van der Waals surface area contributed by atoms with Gasteiger partial charge < -0.3 is 5.32 Å². The van der Waals surface area contributed by atoms with Gasteiger partial charge in [-0.2, -0.15) is 0 Å². The van der Waals surface area contributed by atoms with Crippen LogP contribution in [0.4, 0.5) is 10.1 Å². The molecule has 5 heteroatoms. The van der Waals surface area contributed by atoms with E-state index in [-0.39, 0.29) is 5.82 Å². The molecule has 2 rings (SSSR count). The largest absolute Gasteiger partial charge is 0.381 e. The summed E-state index contributed by atoms with van der Waals surface area (Å²) in [5.41, 5.74) is 1.74. The lowest BCUT2D eigenvalue weighted by molar-refractivity contribution is 0.621. The summed E-state index contributed by atoms with van der Waals surface area (Å²) in [6, 6.07) is 10.5. The van der Waals surface area contributed by atoms with Crippen molar-refractivity contribution in [3.8, 4) is 0 Å². The molecule has 0 aromatic heterocycles. The number of nitrogens with one attached hydrogen (secondary N) is 1. The smallest absolute Gasteiger partial charge is 0.139 e. The molecule has 0 radical (unpaired) electrons. The van der Waals surface area contributed by atoms with Crippen LogP contribution >= 0.6 is 43.5 Å². The van der Waals surface area contributed by atoms with Crippen LogP contribution in [0.2, 0.25) is 5.02 Å². The van der Waals surface area contributed by atoms with Gasteiger partial charge in [-0.3, -0.25) is 0 Å². The van der Waals surface area contributed by atoms with E-state index in [2.05, 4.69) is 37.2 Å². The topological polar surface area (TPSA) is 12.0 Å². The first-order valence-electron chi connectivity index (χ1n) is 5.19. The maximum Gasteiger partial charge on any atom is 0.139 e. The molecule has 0 heterocycles. The molecule has 0 saturated carbocycles. The lowest BCUT2D eigenvalue weighted by Crippen LogP contribution is -2.00. The van der Waals surface area contributed by atoms with Gasteiger partial charge in [0.2, 0.25) is 0 Å². The Morgan fingerprint density at radius 2 is 1.78 bits per heavy atom. The highest BCUT2D eigenvalue weighted by Crippen LogP contribution is 2.23. The van der Waals surface area contributed by atoms with Gasteiger partial charge in [0, 0.05) is 21.7 Å². The summed E-state index contributed by atoms with van der Waals surface area (Å²) >= 11 is 12.5. The van der Waals surface area contributed by atoms with E-state index in [9.17, 15) is 4.39 Å². The summed E-state index contributed by atoms with van der Waals surface area (Å²) in [7, 11) is 0. The van der Waals surface area contributed by atoms with Crippen LogP contribution in [0.15, 0.2) is 45.3 Å². The van der Waals surface area contributed by atoms with Gasteiger partial charge in [-0.05, 0) is 57.9 Å².